The van der Waals surface area contributed by atoms with Gasteiger partial charge in [0.15, 0.2) is 0 Å². The van der Waals surface area contributed by atoms with E-state index in [2.05, 4.69) is 9.88 Å². The predicted octanol–water partition coefficient (Wildman–Crippen LogP) is 3.84. The molecule has 1 aliphatic rings. The largest absolute Gasteiger partial charge is 0.497 e. The molecule has 2 aromatic carbocycles. The third kappa shape index (κ3) is 5.02. The van der Waals surface area contributed by atoms with Crippen LogP contribution in [0.2, 0.25) is 0 Å². The van der Waals surface area contributed by atoms with E-state index in [0.717, 1.165) is 47.3 Å². The number of amides is 1. The normalized spacial score (nSPS) is 13.5. The summed E-state index contributed by atoms with van der Waals surface area (Å²) >= 11 is 0. The van der Waals surface area contributed by atoms with Crippen molar-refractivity contribution in [1.29, 1.82) is 0 Å². The van der Waals surface area contributed by atoms with Gasteiger partial charge in [-0.15, -0.1) is 0 Å². The van der Waals surface area contributed by atoms with Crippen LogP contribution in [0.25, 0.3) is 16.9 Å². The Hall–Kier alpha value is -4.33. The third-order valence-electron chi connectivity index (χ3n) is 6.43. The fourth-order valence-corrected chi connectivity index (χ4v) is 4.42. The Morgan fingerprint density at radius 2 is 1.64 bits per heavy atom. The van der Waals surface area contributed by atoms with Gasteiger partial charge < -0.3 is 23.8 Å². The first kappa shape index (κ1) is 23.4. The molecule has 36 heavy (non-hydrogen) atoms. The van der Waals surface area contributed by atoms with Crippen LogP contribution in [0.5, 0.6) is 11.6 Å². The van der Waals surface area contributed by atoms with Crippen molar-refractivity contribution in [2.24, 2.45) is 0 Å². The molecule has 184 valence electrons. The van der Waals surface area contributed by atoms with Crippen molar-refractivity contribution in [3.8, 4) is 28.6 Å². The molecular formula is C28H29N5O3. The molecule has 0 saturated carbocycles. The third-order valence-corrected chi connectivity index (χ3v) is 6.43. The minimum absolute atomic E-state index is 0.0750. The summed E-state index contributed by atoms with van der Waals surface area (Å²) < 4.78 is 12.5. The van der Waals surface area contributed by atoms with E-state index in [0.29, 0.717) is 19.0 Å². The lowest BCUT2D eigenvalue weighted by molar-refractivity contribution is -0.130. The van der Waals surface area contributed by atoms with Gasteiger partial charge in [-0.25, -0.2) is 9.97 Å². The first-order valence-corrected chi connectivity index (χ1v) is 12.0. The predicted molar refractivity (Wildman–Crippen MR) is 139 cm³/mol. The Labute approximate surface area is 210 Å². The van der Waals surface area contributed by atoms with Gasteiger partial charge in [-0.3, -0.25) is 4.79 Å². The second kappa shape index (κ2) is 10.5. The Balaban J connectivity index is 1.33. The molecule has 0 spiro atoms. The molecule has 1 saturated heterocycles. The van der Waals surface area contributed by atoms with E-state index in [9.17, 15) is 4.79 Å². The minimum atomic E-state index is 0.0750. The van der Waals surface area contributed by atoms with Gasteiger partial charge in [-0.2, -0.15) is 0 Å². The molecule has 0 N–H and O–H groups in total. The maximum Gasteiger partial charge on any atom is 0.230 e. The number of para-hydroxylation sites is 1. The highest BCUT2D eigenvalue weighted by atomic mass is 16.5. The number of piperazine rings is 1. The number of rotatable bonds is 7. The van der Waals surface area contributed by atoms with E-state index in [1.54, 1.807) is 20.4 Å². The smallest absolute Gasteiger partial charge is 0.230 e. The van der Waals surface area contributed by atoms with E-state index >= 15 is 0 Å². The maximum atomic E-state index is 13.3. The molecule has 1 amide bonds. The summed E-state index contributed by atoms with van der Waals surface area (Å²) in [4.78, 5) is 26.6. The number of hydrogen-bond acceptors (Lipinski definition) is 6. The molecule has 8 heteroatoms. The topological polar surface area (TPSA) is 72.7 Å². The monoisotopic (exact) mass is 483 g/mol. The van der Waals surface area contributed by atoms with E-state index in [-0.39, 0.29) is 12.3 Å². The van der Waals surface area contributed by atoms with Gasteiger partial charge in [-0.1, -0.05) is 18.2 Å². The van der Waals surface area contributed by atoms with E-state index in [1.165, 1.54) is 0 Å². The van der Waals surface area contributed by atoms with Crippen LogP contribution in [0.4, 0.5) is 5.69 Å². The van der Waals surface area contributed by atoms with Crippen molar-refractivity contribution in [2.75, 3.05) is 45.3 Å². The van der Waals surface area contributed by atoms with E-state index in [1.807, 2.05) is 82.4 Å². The summed E-state index contributed by atoms with van der Waals surface area (Å²) in [5.74, 6) is 2.18. The average Bonchev–Trinajstić information content (AvgIpc) is 3.37. The number of benzene rings is 2. The summed E-state index contributed by atoms with van der Waals surface area (Å²) in [6.07, 6.45) is 3.97. The molecule has 5 rings (SSSR count). The number of pyridine rings is 1. The van der Waals surface area contributed by atoms with E-state index in [4.69, 9.17) is 14.5 Å². The summed E-state index contributed by atoms with van der Waals surface area (Å²) in [6, 6.07) is 21.7. The van der Waals surface area contributed by atoms with Gasteiger partial charge in [0, 0.05) is 61.6 Å². The number of imidazole rings is 1. The van der Waals surface area contributed by atoms with Gasteiger partial charge in [0.25, 0.3) is 0 Å². The van der Waals surface area contributed by atoms with Crippen molar-refractivity contribution in [1.82, 2.24) is 19.4 Å². The summed E-state index contributed by atoms with van der Waals surface area (Å²) in [7, 11) is 3.26. The molecule has 2 aromatic heterocycles. The number of aromatic nitrogens is 3. The number of carbonyl (C=O) groups is 1. The van der Waals surface area contributed by atoms with Crippen LogP contribution >= 0.6 is 0 Å². The zero-order valence-corrected chi connectivity index (χ0v) is 20.5. The number of anilines is 1. The Morgan fingerprint density at radius 3 is 2.33 bits per heavy atom. The highest BCUT2D eigenvalue weighted by molar-refractivity contribution is 5.79. The lowest BCUT2D eigenvalue weighted by Crippen LogP contribution is -2.49. The van der Waals surface area contributed by atoms with Gasteiger partial charge in [-0.05, 0) is 42.5 Å². The highest BCUT2D eigenvalue weighted by Crippen LogP contribution is 2.25. The second-order valence-corrected chi connectivity index (χ2v) is 8.58. The number of carbonyl (C=O) groups excluding carboxylic acids is 1. The molecule has 1 fully saturated rings. The zero-order valence-electron chi connectivity index (χ0n) is 20.5. The first-order chi connectivity index (χ1) is 17.6. The number of nitrogens with zero attached hydrogens (tertiary/aromatic N) is 5. The highest BCUT2D eigenvalue weighted by Gasteiger charge is 2.24. The molecule has 0 radical (unpaired) electrons. The van der Waals surface area contributed by atoms with Crippen LogP contribution in [-0.4, -0.2) is 65.7 Å². The van der Waals surface area contributed by atoms with Gasteiger partial charge in [0.1, 0.15) is 11.6 Å². The minimum Gasteiger partial charge on any atom is -0.497 e. The zero-order chi connectivity index (χ0) is 24.9. The molecule has 0 bridgehead atoms. The number of ether oxygens (including phenoxy) is 2. The van der Waals surface area contributed by atoms with Crippen molar-refractivity contribution in [3.05, 3.63) is 84.9 Å². The summed E-state index contributed by atoms with van der Waals surface area (Å²) in [5, 5.41) is 0. The van der Waals surface area contributed by atoms with Crippen LogP contribution in [0.3, 0.4) is 0 Å². The second-order valence-electron chi connectivity index (χ2n) is 8.58. The quantitative estimate of drug-likeness (QED) is 0.398. The van der Waals surface area contributed by atoms with Crippen LogP contribution in [0.15, 0.2) is 79.1 Å². The number of methoxy groups -OCH3 is 2. The lowest BCUT2D eigenvalue weighted by Gasteiger charge is -2.36. The first-order valence-electron chi connectivity index (χ1n) is 12.0. The van der Waals surface area contributed by atoms with Gasteiger partial charge in [0.05, 0.1) is 26.3 Å². The van der Waals surface area contributed by atoms with Crippen molar-refractivity contribution >= 4 is 11.6 Å². The molecule has 1 aliphatic heterocycles. The fraction of sp³-hybridized carbons (Fsp3) is 0.250. The molecule has 0 atom stereocenters. The van der Waals surface area contributed by atoms with Crippen LogP contribution in [-0.2, 0) is 11.2 Å². The Morgan fingerprint density at radius 1 is 0.889 bits per heavy atom. The molecule has 0 aliphatic carbocycles. The number of hydrogen-bond donors (Lipinski definition) is 0. The van der Waals surface area contributed by atoms with Gasteiger partial charge in [0.2, 0.25) is 11.8 Å². The van der Waals surface area contributed by atoms with Gasteiger partial charge >= 0.3 is 0 Å². The average molecular weight is 484 g/mol. The Bertz CT molecular complexity index is 1310. The summed E-state index contributed by atoms with van der Waals surface area (Å²) in [6.45, 7) is 2.81. The Kier molecular flexibility index (Phi) is 6.84. The molecule has 0 unspecified atom stereocenters. The lowest BCUT2D eigenvalue weighted by atomic mass is 10.1. The van der Waals surface area contributed by atoms with Crippen LogP contribution < -0.4 is 14.4 Å². The van der Waals surface area contributed by atoms with Crippen molar-refractivity contribution in [2.45, 2.75) is 6.42 Å². The molecular weight excluding hydrogens is 454 g/mol. The maximum absolute atomic E-state index is 13.3. The van der Waals surface area contributed by atoms with Crippen molar-refractivity contribution < 1.29 is 14.3 Å². The standard InChI is InChI=1S/C28H29N5O3/c1-35-24-10-8-21(9-11-24)25-20-33(22-6-4-3-5-7-22)26(30-25)19-28(34)32-16-14-31(15-17-32)23-12-13-29-27(18-23)36-2/h3-13,18,20H,14-17,19H2,1-2H3. The van der Waals surface area contributed by atoms with Crippen molar-refractivity contribution in [3.63, 3.8) is 0 Å². The summed E-state index contributed by atoms with van der Waals surface area (Å²) in [5.41, 5.74) is 3.82. The molecule has 3 heterocycles. The molecule has 4 aromatic rings. The fourth-order valence-electron chi connectivity index (χ4n) is 4.42. The SMILES string of the molecule is COc1ccc(-c2cn(-c3ccccc3)c(CC(=O)N3CCN(c4ccnc(OC)c4)CC3)n2)cc1. The molecule has 8 nitrogen and oxygen atoms in total. The van der Waals surface area contributed by atoms with Crippen LogP contribution in [0, 0.1) is 0 Å². The van der Waals surface area contributed by atoms with E-state index < -0.39 is 0 Å². The van der Waals surface area contributed by atoms with Crippen LogP contribution in [0.1, 0.15) is 5.82 Å².